The van der Waals surface area contributed by atoms with Gasteiger partial charge in [0.1, 0.15) is 11.7 Å². The smallest absolute Gasteiger partial charge is 0.306 e. The van der Waals surface area contributed by atoms with Crippen LogP contribution in [-0.2, 0) is 14.3 Å². The maximum atomic E-state index is 13.1. The number of carbonyl (C=O) groups excluding carboxylic acids is 2. The number of ketones is 1. The first-order valence-corrected chi connectivity index (χ1v) is 16.1. The number of hydrogen-bond donors (Lipinski definition) is 3. The van der Waals surface area contributed by atoms with E-state index in [4.69, 9.17) is 4.74 Å². The Morgan fingerprint density at radius 2 is 1.52 bits per heavy atom. The normalized spacial score (nSPS) is 37.5. The minimum absolute atomic E-state index is 0.00744. The van der Waals surface area contributed by atoms with Gasteiger partial charge in [0, 0.05) is 36.5 Å². The van der Waals surface area contributed by atoms with Crippen LogP contribution in [0.25, 0.3) is 0 Å². The van der Waals surface area contributed by atoms with Crippen molar-refractivity contribution in [2.24, 2.45) is 35.0 Å². The van der Waals surface area contributed by atoms with Gasteiger partial charge in [-0.25, -0.2) is 0 Å². The molecule has 6 heteroatoms. The van der Waals surface area contributed by atoms with E-state index in [2.05, 4.69) is 20.8 Å². The second kappa shape index (κ2) is 12.4. The van der Waals surface area contributed by atoms with Crippen LogP contribution in [0.15, 0.2) is 23.3 Å². The Hall–Kier alpha value is -1.50. The van der Waals surface area contributed by atoms with Crippen LogP contribution >= 0.6 is 0 Å². The van der Waals surface area contributed by atoms with Crippen molar-refractivity contribution in [1.29, 1.82) is 0 Å². The minimum atomic E-state index is -1.80. The van der Waals surface area contributed by atoms with Gasteiger partial charge in [-0.2, -0.15) is 0 Å². The maximum Gasteiger partial charge on any atom is 0.306 e. The molecule has 0 bridgehead atoms. The van der Waals surface area contributed by atoms with Crippen molar-refractivity contribution in [3.8, 4) is 0 Å². The molecular weight excluding hydrogens is 504 g/mol. The maximum absolute atomic E-state index is 13.1. The molecule has 4 rings (SSSR count). The molecule has 6 nitrogen and oxygen atoms in total. The first-order chi connectivity index (χ1) is 18.9. The predicted octanol–water partition coefficient (Wildman–Crippen LogP) is 6.07. The van der Waals surface area contributed by atoms with Crippen molar-refractivity contribution in [3.63, 3.8) is 0 Å². The van der Waals surface area contributed by atoms with E-state index in [-0.39, 0.29) is 47.9 Å². The minimum Gasteiger partial charge on any atom is -0.462 e. The summed E-state index contributed by atoms with van der Waals surface area (Å²) in [4.78, 5) is 26.2. The zero-order valence-electron chi connectivity index (χ0n) is 25.6. The molecule has 0 spiro atoms. The molecule has 4 aliphatic carbocycles. The van der Waals surface area contributed by atoms with Crippen molar-refractivity contribution in [1.82, 2.24) is 0 Å². The van der Waals surface area contributed by atoms with Gasteiger partial charge in [-0.15, -0.1) is 0 Å². The summed E-state index contributed by atoms with van der Waals surface area (Å²) in [6, 6.07) is 0. The average molecular weight is 559 g/mol. The molecule has 2 saturated carbocycles. The third-order valence-electron chi connectivity index (χ3n) is 11.0. The Labute approximate surface area is 241 Å². The number of carbonyl (C=O) groups is 2. The van der Waals surface area contributed by atoms with Gasteiger partial charge >= 0.3 is 5.97 Å². The molecule has 4 unspecified atom stereocenters. The first-order valence-electron chi connectivity index (χ1n) is 16.1. The number of aliphatic hydroxyl groups is 3. The van der Waals surface area contributed by atoms with Crippen LogP contribution in [0.4, 0.5) is 0 Å². The van der Waals surface area contributed by atoms with E-state index in [1.54, 1.807) is 13.0 Å². The number of aliphatic hydroxyl groups excluding tert-OH is 1. The Morgan fingerprint density at radius 3 is 2.10 bits per heavy atom. The van der Waals surface area contributed by atoms with Crippen LogP contribution in [0.1, 0.15) is 118 Å². The quantitative estimate of drug-likeness (QED) is 0.136. The van der Waals surface area contributed by atoms with Gasteiger partial charge in [0.15, 0.2) is 5.78 Å². The third kappa shape index (κ3) is 5.62. The fourth-order valence-electron chi connectivity index (χ4n) is 8.66. The lowest BCUT2D eigenvalue weighted by Gasteiger charge is -2.51. The number of rotatable bonds is 14. The molecule has 2 fully saturated rings. The first kappa shape index (κ1) is 31.4. The van der Waals surface area contributed by atoms with Crippen molar-refractivity contribution in [3.05, 3.63) is 23.3 Å². The van der Waals surface area contributed by atoms with E-state index in [1.807, 2.05) is 13.0 Å². The SMILES string of the molecule is CCCCCCCCCCCCCC(=O)O[C@H]1C2C([C@@H]3C=C(CO)C[C@]4(O)C(=O)C(C)=CC4C3(O)[C@@H]1C)C2(C)C. The van der Waals surface area contributed by atoms with E-state index in [9.17, 15) is 24.9 Å². The summed E-state index contributed by atoms with van der Waals surface area (Å²) in [5, 5.41) is 34.3. The number of hydrogen-bond acceptors (Lipinski definition) is 6. The van der Waals surface area contributed by atoms with E-state index < -0.39 is 29.1 Å². The second-order valence-electron chi connectivity index (χ2n) is 14.1. The Balaban J connectivity index is 1.38. The fraction of sp³-hybridized carbons (Fsp3) is 0.824. The molecule has 3 N–H and O–H groups in total. The molecule has 0 heterocycles. The summed E-state index contributed by atoms with van der Waals surface area (Å²) in [6.45, 7) is 9.86. The van der Waals surface area contributed by atoms with E-state index in [0.29, 0.717) is 17.6 Å². The Kier molecular flexibility index (Phi) is 9.74. The summed E-state index contributed by atoms with van der Waals surface area (Å²) in [6.07, 6.45) is 16.9. The van der Waals surface area contributed by atoms with E-state index in [1.165, 1.54) is 51.4 Å². The molecule has 0 aromatic rings. The monoisotopic (exact) mass is 558 g/mol. The molecule has 4 aliphatic rings. The topological polar surface area (TPSA) is 104 Å². The highest BCUT2D eigenvalue weighted by Crippen LogP contribution is 2.73. The van der Waals surface area contributed by atoms with Crippen molar-refractivity contribution >= 4 is 11.8 Å². The Morgan fingerprint density at radius 1 is 0.950 bits per heavy atom. The van der Waals surface area contributed by atoms with Crippen molar-refractivity contribution in [2.45, 2.75) is 135 Å². The molecule has 226 valence electrons. The van der Waals surface area contributed by atoms with Crippen LogP contribution in [0, 0.1) is 35.0 Å². The molecular formula is C34H54O6. The van der Waals surface area contributed by atoms with Gasteiger partial charge in [0.2, 0.25) is 0 Å². The summed E-state index contributed by atoms with van der Waals surface area (Å²) in [5.74, 6) is -2.15. The van der Waals surface area contributed by atoms with Gasteiger partial charge in [0.05, 0.1) is 12.2 Å². The highest BCUT2D eigenvalue weighted by molar-refractivity contribution is 6.04. The van der Waals surface area contributed by atoms with Gasteiger partial charge < -0.3 is 20.1 Å². The van der Waals surface area contributed by atoms with Crippen LogP contribution in [0.5, 0.6) is 0 Å². The van der Waals surface area contributed by atoms with Crippen LogP contribution in [0.3, 0.4) is 0 Å². The molecule has 0 aromatic carbocycles. The molecule has 0 saturated heterocycles. The molecule has 0 aliphatic heterocycles. The highest BCUT2D eigenvalue weighted by atomic mass is 16.5. The zero-order chi connectivity index (χ0) is 29.3. The van der Waals surface area contributed by atoms with Crippen LogP contribution in [0.2, 0.25) is 0 Å². The van der Waals surface area contributed by atoms with Crippen LogP contribution < -0.4 is 0 Å². The number of fused-ring (bicyclic) bond motifs is 5. The number of unbranched alkanes of at least 4 members (excludes halogenated alkanes) is 10. The molecule has 0 aromatic heterocycles. The predicted molar refractivity (Wildman–Crippen MR) is 156 cm³/mol. The highest BCUT2D eigenvalue weighted by Gasteiger charge is 2.77. The largest absolute Gasteiger partial charge is 0.462 e. The Bertz CT molecular complexity index is 996. The van der Waals surface area contributed by atoms with Crippen molar-refractivity contribution in [2.75, 3.05) is 6.61 Å². The standard InChI is InChI=1S/C34H54O6/c1-6-7-8-9-10-11-12-13-14-15-16-17-27(36)40-30-23(3)34(39)25(28-29(30)32(28,4)5)19-24(21-35)20-33(38)26(34)18-22(2)31(33)37/h18-19,23,25-26,28-30,35,38-39H,6-17,20-21H2,1-5H3/t23-,25+,26?,28?,29?,30-,33-,34?/m1/s1. The number of ether oxygens (including phenoxy) is 1. The summed E-state index contributed by atoms with van der Waals surface area (Å²) in [5.41, 5.74) is -2.42. The van der Waals surface area contributed by atoms with Gasteiger partial charge in [0.25, 0.3) is 0 Å². The van der Waals surface area contributed by atoms with E-state index in [0.717, 1.165) is 19.3 Å². The van der Waals surface area contributed by atoms with E-state index >= 15 is 0 Å². The molecule has 0 amide bonds. The van der Waals surface area contributed by atoms with Gasteiger partial charge in [-0.1, -0.05) is 104 Å². The fourth-order valence-corrected chi connectivity index (χ4v) is 8.66. The number of Topliss-reactive ketones (excluding diaryl/α,β-unsaturated/α-hetero) is 1. The zero-order valence-corrected chi connectivity index (χ0v) is 25.6. The summed E-state index contributed by atoms with van der Waals surface area (Å²) in [7, 11) is 0. The summed E-state index contributed by atoms with van der Waals surface area (Å²) >= 11 is 0. The lowest BCUT2D eigenvalue weighted by molar-refractivity contribution is -0.198. The second-order valence-corrected chi connectivity index (χ2v) is 14.1. The lowest BCUT2D eigenvalue weighted by atomic mass is 9.59. The summed E-state index contributed by atoms with van der Waals surface area (Å²) < 4.78 is 6.17. The van der Waals surface area contributed by atoms with Crippen LogP contribution in [-0.4, -0.2) is 51.0 Å². The van der Waals surface area contributed by atoms with Gasteiger partial charge in [-0.3, -0.25) is 9.59 Å². The third-order valence-corrected chi connectivity index (χ3v) is 11.0. The molecule has 40 heavy (non-hydrogen) atoms. The molecule has 8 atom stereocenters. The average Bonchev–Trinajstić information content (AvgIpc) is 3.43. The lowest BCUT2D eigenvalue weighted by Crippen LogP contribution is -2.62. The molecule has 0 radical (unpaired) electrons. The number of esters is 1. The van der Waals surface area contributed by atoms with Gasteiger partial charge in [-0.05, 0) is 35.8 Å². The van der Waals surface area contributed by atoms with Crippen molar-refractivity contribution < 1.29 is 29.6 Å².